The van der Waals surface area contributed by atoms with Crippen molar-refractivity contribution in [1.82, 2.24) is 4.98 Å². The minimum atomic E-state index is -0.484. The van der Waals surface area contributed by atoms with Crippen LogP contribution >= 0.6 is 15.9 Å². The number of hydrogen-bond acceptors (Lipinski definition) is 3. The lowest BCUT2D eigenvalue weighted by Crippen LogP contribution is -2.17. The van der Waals surface area contributed by atoms with Gasteiger partial charge in [0.1, 0.15) is 0 Å². The van der Waals surface area contributed by atoms with E-state index in [9.17, 15) is 14.9 Å². The molecule has 0 saturated carbocycles. The average Bonchev–Trinajstić information content (AvgIpc) is 2.99. The number of ketones is 1. The Morgan fingerprint density at radius 1 is 1.21 bits per heavy atom. The van der Waals surface area contributed by atoms with Gasteiger partial charge in [0.25, 0.3) is 5.69 Å². The summed E-state index contributed by atoms with van der Waals surface area (Å²) in [4.78, 5) is 27.7. The molecule has 3 aromatic rings. The third kappa shape index (κ3) is 3.18. The monoisotopic (exact) mass is 438 g/mol. The van der Waals surface area contributed by atoms with Gasteiger partial charge in [-0.3, -0.25) is 14.9 Å². The van der Waals surface area contributed by atoms with E-state index < -0.39 is 5.92 Å². The number of aryl methyl sites for hydroxylation is 1. The number of nitro benzene ring substituents is 1. The SMILES string of the molecule is Cc1[nH]c2ccccc2c1C(C1=CCCCC1=O)c1cc(Br)ccc1[N+](=O)[O-]. The van der Waals surface area contributed by atoms with Crippen LogP contribution in [-0.4, -0.2) is 15.7 Å². The molecule has 142 valence electrons. The number of hydrogen-bond donors (Lipinski definition) is 1. The van der Waals surface area contributed by atoms with Crippen LogP contribution in [0.5, 0.6) is 0 Å². The highest BCUT2D eigenvalue weighted by molar-refractivity contribution is 9.10. The van der Waals surface area contributed by atoms with E-state index in [0.717, 1.165) is 39.5 Å². The van der Waals surface area contributed by atoms with E-state index in [1.54, 1.807) is 12.1 Å². The first kappa shape index (κ1) is 18.6. The molecule has 0 saturated heterocycles. The van der Waals surface area contributed by atoms with Crippen molar-refractivity contribution < 1.29 is 9.72 Å². The summed E-state index contributed by atoms with van der Waals surface area (Å²) in [6, 6.07) is 12.8. The number of halogens is 1. The van der Waals surface area contributed by atoms with Crippen LogP contribution < -0.4 is 0 Å². The molecule has 1 N–H and O–H groups in total. The number of H-pyrrole nitrogens is 1. The van der Waals surface area contributed by atoms with Crippen LogP contribution in [0.1, 0.15) is 42.0 Å². The van der Waals surface area contributed by atoms with E-state index in [-0.39, 0.29) is 16.4 Å². The van der Waals surface area contributed by atoms with Gasteiger partial charge in [0.15, 0.2) is 5.78 Å². The Morgan fingerprint density at radius 2 is 2.00 bits per heavy atom. The molecule has 1 heterocycles. The highest BCUT2D eigenvalue weighted by atomic mass is 79.9. The van der Waals surface area contributed by atoms with Gasteiger partial charge in [-0.15, -0.1) is 0 Å². The molecule has 5 nitrogen and oxygen atoms in total. The Bertz CT molecular complexity index is 1130. The fourth-order valence-corrected chi connectivity index (χ4v) is 4.51. The molecule has 6 heteroatoms. The highest BCUT2D eigenvalue weighted by Crippen LogP contribution is 2.44. The van der Waals surface area contributed by atoms with Crippen LogP contribution in [0.4, 0.5) is 5.69 Å². The molecule has 1 atom stereocenters. The maximum Gasteiger partial charge on any atom is 0.273 e. The standard InChI is InChI=1S/C22H19BrN2O3/c1-13-21(15-6-2-4-8-18(15)24-13)22(16-7-3-5-9-20(16)26)17-12-14(23)10-11-19(17)25(27)28/h2,4,6-8,10-12,22,24H,3,5,9H2,1H3. The summed E-state index contributed by atoms with van der Waals surface area (Å²) in [5, 5.41) is 12.8. The van der Waals surface area contributed by atoms with Crippen LogP contribution in [0.15, 0.2) is 58.6 Å². The molecule has 1 aromatic heterocycles. The fraction of sp³-hybridized carbons (Fsp3) is 0.227. The zero-order valence-electron chi connectivity index (χ0n) is 15.4. The maximum atomic E-state index is 12.9. The van der Waals surface area contributed by atoms with Crippen molar-refractivity contribution in [3.8, 4) is 0 Å². The molecule has 0 radical (unpaired) electrons. The van der Waals surface area contributed by atoms with E-state index in [2.05, 4.69) is 20.9 Å². The van der Waals surface area contributed by atoms with Crippen LogP contribution in [0.2, 0.25) is 0 Å². The third-order valence-electron chi connectivity index (χ3n) is 5.33. The maximum absolute atomic E-state index is 12.9. The van der Waals surface area contributed by atoms with Gasteiger partial charge in [0.05, 0.1) is 4.92 Å². The highest BCUT2D eigenvalue weighted by Gasteiger charge is 2.33. The minimum Gasteiger partial charge on any atom is -0.358 e. The van der Waals surface area contributed by atoms with Gasteiger partial charge in [-0.1, -0.05) is 40.2 Å². The lowest BCUT2D eigenvalue weighted by atomic mass is 9.78. The summed E-state index contributed by atoms with van der Waals surface area (Å²) < 4.78 is 0.749. The number of allylic oxidation sites excluding steroid dienone is 2. The van der Waals surface area contributed by atoms with Crippen molar-refractivity contribution in [2.75, 3.05) is 0 Å². The Kier molecular flexibility index (Phi) is 4.89. The first-order chi connectivity index (χ1) is 13.5. The predicted octanol–water partition coefficient (Wildman–Crippen LogP) is 5.96. The normalized spacial score (nSPS) is 15.5. The number of aromatic nitrogens is 1. The molecular formula is C22H19BrN2O3. The summed E-state index contributed by atoms with van der Waals surface area (Å²) in [6.07, 6.45) is 4.07. The second kappa shape index (κ2) is 7.36. The lowest BCUT2D eigenvalue weighted by Gasteiger charge is -2.24. The zero-order valence-corrected chi connectivity index (χ0v) is 17.0. The van der Waals surface area contributed by atoms with Gasteiger partial charge in [0, 0.05) is 50.6 Å². The number of benzene rings is 2. The zero-order chi connectivity index (χ0) is 19.8. The Morgan fingerprint density at radius 3 is 2.75 bits per heavy atom. The number of para-hydroxylation sites is 1. The first-order valence-corrected chi connectivity index (χ1v) is 10.0. The minimum absolute atomic E-state index is 0.0251. The van der Waals surface area contributed by atoms with Crippen molar-refractivity contribution in [1.29, 1.82) is 0 Å². The predicted molar refractivity (Wildman–Crippen MR) is 113 cm³/mol. The van der Waals surface area contributed by atoms with Crippen molar-refractivity contribution in [3.63, 3.8) is 0 Å². The van der Waals surface area contributed by atoms with Crippen LogP contribution in [0.3, 0.4) is 0 Å². The average molecular weight is 439 g/mol. The second-order valence-electron chi connectivity index (χ2n) is 7.08. The Balaban J connectivity index is 2.06. The summed E-state index contributed by atoms with van der Waals surface area (Å²) in [5.41, 5.74) is 4.02. The largest absolute Gasteiger partial charge is 0.358 e. The smallest absolute Gasteiger partial charge is 0.273 e. The molecule has 0 amide bonds. The van der Waals surface area contributed by atoms with E-state index >= 15 is 0 Å². The number of nitro groups is 1. The van der Waals surface area contributed by atoms with Gasteiger partial charge in [-0.25, -0.2) is 0 Å². The number of carbonyl (C=O) groups is 1. The van der Waals surface area contributed by atoms with Crippen LogP contribution in [0, 0.1) is 17.0 Å². The van der Waals surface area contributed by atoms with E-state index in [0.29, 0.717) is 17.6 Å². The molecule has 28 heavy (non-hydrogen) atoms. The quantitative estimate of drug-likeness (QED) is 0.403. The second-order valence-corrected chi connectivity index (χ2v) is 7.99. The number of Topliss-reactive ketones (excluding diaryl/α,β-unsaturated/α-hetero) is 1. The molecular weight excluding hydrogens is 420 g/mol. The molecule has 4 rings (SSSR count). The summed E-state index contributed by atoms with van der Waals surface area (Å²) in [6.45, 7) is 1.96. The number of carbonyl (C=O) groups excluding carboxylic acids is 1. The number of fused-ring (bicyclic) bond motifs is 1. The van der Waals surface area contributed by atoms with Gasteiger partial charge in [-0.2, -0.15) is 0 Å². The number of rotatable bonds is 4. The number of nitrogens with zero attached hydrogens (tertiary/aromatic N) is 1. The molecule has 0 spiro atoms. The molecule has 0 aliphatic heterocycles. The summed E-state index contributed by atoms with van der Waals surface area (Å²) >= 11 is 3.45. The molecule has 0 fully saturated rings. The lowest BCUT2D eigenvalue weighted by molar-refractivity contribution is -0.385. The van der Waals surface area contributed by atoms with Crippen molar-refractivity contribution in [3.05, 3.63) is 85.5 Å². The van der Waals surface area contributed by atoms with Gasteiger partial charge in [0.2, 0.25) is 0 Å². The van der Waals surface area contributed by atoms with Gasteiger partial charge < -0.3 is 4.98 Å². The number of nitrogens with one attached hydrogen (secondary N) is 1. The van der Waals surface area contributed by atoms with Crippen molar-refractivity contribution in [2.45, 2.75) is 32.1 Å². The fourth-order valence-electron chi connectivity index (χ4n) is 4.13. The van der Waals surface area contributed by atoms with E-state index in [1.807, 2.05) is 37.3 Å². The van der Waals surface area contributed by atoms with Crippen molar-refractivity contribution in [2.24, 2.45) is 0 Å². The molecule has 2 aromatic carbocycles. The topological polar surface area (TPSA) is 76.0 Å². The van der Waals surface area contributed by atoms with Crippen molar-refractivity contribution >= 4 is 38.3 Å². The Labute approximate surface area is 170 Å². The third-order valence-corrected chi connectivity index (χ3v) is 5.83. The molecule has 1 aliphatic carbocycles. The molecule has 1 unspecified atom stereocenters. The van der Waals surface area contributed by atoms with E-state index in [4.69, 9.17) is 0 Å². The van der Waals surface area contributed by atoms with Gasteiger partial charge >= 0.3 is 0 Å². The number of aromatic amines is 1. The Hall–Kier alpha value is -2.73. The summed E-state index contributed by atoms with van der Waals surface area (Å²) in [5.74, 6) is -0.419. The van der Waals surface area contributed by atoms with E-state index in [1.165, 1.54) is 6.07 Å². The van der Waals surface area contributed by atoms with Crippen LogP contribution in [0.25, 0.3) is 10.9 Å². The molecule has 1 aliphatic rings. The molecule has 0 bridgehead atoms. The van der Waals surface area contributed by atoms with Gasteiger partial charge in [-0.05, 0) is 43.5 Å². The van der Waals surface area contributed by atoms with Crippen LogP contribution in [-0.2, 0) is 4.79 Å². The first-order valence-electron chi connectivity index (χ1n) is 9.21. The summed E-state index contributed by atoms with van der Waals surface area (Å²) in [7, 11) is 0.